The number of nitrogens with zero attached hydrogens (tertiary/aromatic N) is 1. The van der Waals surface area contributed by atoms with E-state index in [0.717, 1.165) is 12.8 Å². The van der Waals surface area contributed by atoms with Gasteiger partial charge in [0.05, 0.1) is 11.0 Å². The monoisotopic (exact) mass is 326 g/mol. The Morgan fingerprint density at radius 3 is 2.41 bits per heavy atom. The van der Waals surface area contributed by atoms with Gasteiger partial charge in [0.2, 0.25) is 10.0 Å². The summed E-state index contributed by atoms with van der Waals surface area (Å²) in [5, 5.41) is 10.2. The van der Waals surface area contributed by atoms with Crippen molar-refractivity contribution in [2.45, 2.75) is 56.2 Å². The first-order valence-corrected chi connectivity index (χ1v) is 9.37. The number of β-amino-alcohol motifs (C(OH)–C–C–N with tert-alkyl or cyclic N) is 1. The lowest BCUT2D eigenvalue weighted by Crippen LogP contribution is -2.49. The van der Waals surface area contributed by atoms with Crippen LogP contribution in [0.3, 0.4) is 0 Å². The lowest BCUT2D eigenvalue weighted by Gasteiger charge is -2.40. The van der Waals surface area contributed by atoms with Gasteiger partial charge in [-0.25, -0.2) is 13.1 Å². The van der Waals surface area contributed by atoms with E-state index in [9.17, 15) is 13.5 Å². The van der Waals surface area contributed by atoms with E-state index in [1.165, 1.54) is 6.42 Å². The molecular weight excluding hydrogens is 300 g/mol. The first-order valence-electron chi connectivity index (χ1n) is 7.88. The molecule has 1 fully saturated rings. The molecule has 2 N–H and O–H groups in total. The smallest absolute Gasteiger partial charge is 0.240 e. The van der Waals surface area contributed by atoms with Crippen LogP contribution in [0.4, 0.5) is 0 Å². The maximum atomic E-state index is 12.1. The van der Waals surface area contributed by atoms with Gasteiger partial charge >= 0.3 is 0 Å². The molecule has 3 atom stereocenters. The van der Waals surface area contributed by atoms with Crippen molar-refractivity contribution in [1.29, 1.82) is 0 Å². The number of rotatable bonds is 6. The fourth-order valence-electron chi connectivity index (χ4n) is 3.03. The summed E-state index contributed by atoms with van der Waals surface area (Å²) in [5.74, 6) is 0. The fraction of sp³-hybridized carbons (Fsp3) is 0.625. The molecule has 0 bridgehead atoms. The SMILES string of the molecule is CC1CCCC(C)N1CC(O)CNS(=O)(=O)c1ccccc1. The number of sulfonamides is 1. The van der Waals surface area contributed by atoms with Crippen LogP contribution in [0, 0.1) is 0 Å². The molecule has 1 aromatic carbocycles. The van der Waals surface area contributed by atoms with Gasteiger partial charge in [-0.15, -0.1) is 0 Å². The highest BCUT2D eigenvalue weighted by atomic mass is 32.2. The van der Waals surface area contributed by atoms with Crippen LogP contribution in [0.1, 0.15) is 33.1 Å². The van der Waals surface area contributed by atoms with Crippen LogP contribution in [-0.4, -0.2) is 49.7 Å². The number of hydrogen-bond acceptors (Lipinski definition) is 4. The van der Waals surface area contributed by atoms with E-state index in [0.29, 0.717) is 18.6 Å². The van der Waals surface area contributed by atoms with Crippen molar-refractivity contribution in [3.8, 4) is 0 Å². The molecule has 6 heteroatoms. The molecular formula is C16H26N2O3S. The molecule has 1 aliphatic heterocycles. The highest BCUT2D eigenvalue weighted by molar-refractivity contribution is 7.89. The number of likely N-dealkylation sites (tertiary alicyclic amines) is 1. The van der Waals surface area contributed by atoms with E-state index >= 15 is 0 Å². The first kappa shape index (κ1) is 17.4. The van der Waals surface area contributed by atoms with Crippen LogP contribution >= 0.6 is 0 Å². The number of aliphatic hydroxyl groups excluding tert-OH is 1. The predicted octanol–water partition coefficient (Wildman–Crippen LogP) is 1.59. The van der Waals surface area contributed by atoms with Crippen LogP contribution in [0.25, 0.3) is 0 Å². The van der Waals surface area contributed by atoms with Gasteiger partial charge in [-0.3, -0.25) is 4.90 Å². The van der Waals surface area contributed by atoms with Crippen molar-refractivity contribution in [1.82, 2.24) is 9.62 Å². The van der Waals surface area contributed by atoms with Crippen molar-refractivity contribution in [3.63, 3.8) is 0 Å². The summed E-state index contributed by atoms with van der Waals surface area (Å²) in [7, 11) is -3.55. The third-order valence-corrected chi connectivity index (χ3v) is 5.80. The van der Waals surface area contributed by atoms with Gasteiger partial charge in [-0.05, 0) is 38.8 Å². The summed E-state index contributed by atoms with van der Waals surface area (Å²) in [6.45, 7) is 4.86. The van der Waals surface area contributed by atoms with E-state index in [4.69, 9.17) is 0 Å². The highest BCUT2D eigenvalue weighted by Crippen LogP contribution is 2.22. The molecule has 1 heterocycles. The average molecular weight is 326 g/mol. The van der Waals surface area contributed by atoms with Crippen molar-refractivity contribution in [2.75, 3.05) is 13.1 Å². The second-order valence-electron chi connectivity index (χ2n) is 6.14. The molecule has 124 valence electrons. The lowest BCUT2D eigenvalue weighted by atomic mass is 9.97. The molecule has 2 rings (SSSR count). The van der Waals surface area contributed by atoms with Gasteiger partial charge in [-0.2, -0.15) is 0 Å². The molecule has 0 aromatic heterocycles. The van der Waals surface area contributed by atoms with Crippen molar-refractivity contribution < 1.29 is 13.5 Å². The third kappa shape index (κ3) is 4.52. The minimum absolute atomic E-state index is 0.0349. The largest absolute Gasteiger partial charge is 0.390 e. The topological polar surface area (TPSA) is 69.6 Å². The molecule has 0 saturated carbocycles. The Balaban J connectivity index is 1.88. The second kappa shape index (κ2) is 7.55. The molecule has 0 aliphatic carbocycles. The number of hydrogen-bond donors (Lipinski definition) is 2. The quantitative estimate of drug-likeness (QED) is 0.833. The molecule has 1 aromatic rings. The van der Waals surface area contributed by atoms with Gasteiger partial charge < -0.3 is 5.11 Å². The highest BCUT2D eigenvalue weighted by Gasteiger charge is 2.26. The van der Waals surface area contributed by atoms with Crippen molar-refractivity contribution in [2.24, 2.45) is 0 Å². The summed E-state index contributed by atoms with van der Waals surface area (Å²) in [5.41, 5.74) is 0. The lowest BCUT2D eigenvalue weighted by molar-refractivity contribution is 0.0438. The van der Waals surface area contributed by atoms with Crippen LogP contribution in [0.5, 0.6) is 0 Å². The van der Waals surface area contributed by atoms with Gasteiger partial charge in [0.25, 0.3) is 0 Å². The van der Waals surface area contributed by atoms with E-state index in [2.05, 4.69) is 23.5 Å². The Morgan fingerprint density at radius 1 is 1.23 bits per heavy atom. The number of aliphatic hydroxyl groups is 1. The van der Waals surface area contributed by atoms with Gasteiger partial charge in [0, 0.05) is 25.2 Å². The molecule has 0 radical (unpaired) electrons. The summed E-state index contributed by atoms with van der Waals surface area (Å²) in [4.78, 5) is 2.49. The van der Waals surface area contributed by atoms with Crippen LogP contribution in [0.15, 0.2) is 35.2 Å². The summed E-state index contributed by atoms with van der Waals surface area (Å²) in [6, 6.07) is 9.10. The summed E-state index contributed by atoms with van der Waals surface area (Å²) in [6.07, 6.45) is 2.77. The second-order valence-corrected chi connectivity index (χ2v) is 7.91. The summed E-state index contributed by atoms with van der Waals surface area (Å²) < 4.78 is 26.7. The van der Waals surface area contributed by atoms with Crippen LogP contribution < -0.4 is 4.72 Å². The Kier molecular flexibility index (Phi) is 5.97. The Hall–Kier alpha value is -0.950. The van der Waals surface area contributed by atoms with Gasteiger partial charge in [0.1, 0.15) is 0 Å². The number of benzene rings is 1. The van der Waals surface area contributed by atoms with Gasteiger partial charge in [-0.1, -0.05) is 24.6 Å². The Bertz CT molecular complexity index is 552. The Labute approximate surface area is 133 Å². The molecule has 3 unspecified atom stereocenters. The van der Waals surface area contributed by atoms with E-state index < -0.39 is 16.1 Å². The molecule has 1 saturated heterocycles. The maximum Gasteiger partial charge on any atom is 0.240 e. The zero-order valence-electron chi connectivity index (χ0n) is 13.3. The number of nitrogens with one attached hydrogen (secondary N) is 1. The normalized spacial score (nSPS) is 25.0. The van der Waals surface area contributed by atoms with Crippen LogP contribution in [-0.2, 0) is 10.0 Å². The standard InChI is InChI=1S/C16H26N2O3S/c1-13-7-6-8-14(2)18(13)12-15(19)11-17-22(20,21)16-9-4-3-5-10-16/h3-5,9-10,13-15,17,19H,6-8,11-12H2,1-2H3. The maximum absolute atomic E-state index is 12.1. The molecule has 22 heavy (non-hydrogen) atoms. The zero-order chi connectivity index (χ0) is 16.2. The average Bonchev–Trinajstić information content (AvgIpc) is 2.50. The van der Waals surface area contributed by atoms with Crippen LogP contribution in [0.2, 0.25) is 0 Å². The van der Waals surface area contributed by atoms with Crippen molar-refractivity contribution >= 4 is 10.0 Å². The minimum Gasteiger partial charge on any atom is -0.390 e. The van der Waals surface area contributed by atoms with E-state index in [1.54, 1.807) is 30.3 Å². The zero-order valence-corrected chi connectivity index (χ0v) is 14.1. The number of piperidine rings is 1. The van der Waals surface area contributed by atoms with Gasteiger partial charge in [0.15, 0.2) is 0 Å². The molecule has 5 nitrogen and oxygen atoms in total. The minimum atomic E-state index is -3.55. The van der Waals surface area contributed by atoms with Crippen molar-refractivity contribution in [3.05, 3.63) is 30.3 Å². The molecule has 1 aliphatic rings. The predicted molar refractivity (Wildman–Crippen MR) is 87.1 cm³/mol. The Morgan fingerprint density at radius 2 is 1.82 bits per heavy atom. The fourth-order valence-corrected chi connectivity index (χ4v) is 4.13. The third-order valence-electron chi connectivity index (χ3n) is 4.36. The molecule has 0 spiro atoms. The molecule has 0 amide bonds. The summed E-state index contributed by atoms with van der Waals surface area (Å²) >= 11 is 0. The first-order chi connectivity index (χ1) is 10.4. The van der Waals surface area contributed by atoms with E-state index in [-0.39, 0.29) is 11.4 Å². The van der Waals surface area contributed by atoms with E-state index in [1.807, 2.05) is 0 Å².